The number of hydrogen-bond acceptors (Lipinski definition) is 4. The molecule has 15 heavy (non-hydrogen) atoms. The highest BCUT2D eigenvalue weighted by Gasteiger charge is 2.17. The summed E-state index contributed by atoms with van der Waals surface area (Å²) in [4.78, 5) is 13.4. The Hall–Kier alpha value is -0.130. The van der Waals surface area contributed by atoms with E-state index in [1.807, 2.05) is 23.2 Å². The molecule has 1 atom stereocenters. The number of nitrogens with one attached hydrogen (secondary N) is 1. The molecule has 1 saturated heterocycles. The summed E-state index contributed by atoms with van der Waals surface area (Å²) in [6.07, 6.45) is 2.32. The lowest BCUT2D eigenvalue weighted by atomic mass is 10.2. The number of rotatable bonds is 2. The van der Waals surface area contributed by atoms with E-state index in [-0.39, 0.29) is 5.91 Å². The molecule has 1 N–H and O–H groups in total. The van der Waals surface area contributed by atoms with Crippen LogP contribution in [0.15, 0.2) is 16.3 Å². The lowest BCUT2D eigenvalue weighted by Crippen LogP contribution is -2.37. The summed E-state index contributed by atoms with van der Waals surface area (Å²) >= 11 is 7.56. The zero-order valence-corrected chi connectivity index (χ0v) is 10.8. The molecule has 0 aliphatic carbocycles. The van der Waals surface area contributed by atoms with Crippen molar-refractivity contribution in [3.05, 3.63) is 16.3 Å². The first-order valence-electron chi connectivity index (χ1n) is 4.92. The van der Waals surface area contributed by atoms with Crippen molar-refractivity contribution in [2.24, 2.45) is 0 Å². The molecular weight excluding hydrogens is 246 g/mol. The molecule has 0 aromatic carbocycles. The second kappa shape index (κ2) is 5.27. The van der Waals surface area contributed by atoms with Crippen molar-refractivity contribution < 1.29 is 4.79 Å². The summed E-state index contributed by atoms with van der Waals surface area (Å²) in [7, 11) is 0. The van der Waals surface area contributed by atoms with E-state index in [0.717, 1.165) is 21.9 Å². The fourth-order valence-electron chi connectivity index (χ4n) is 1.56. The third kappa shape index (κ3) is 3.16. The van der Waals surface area contributed by atoms with Crippen LogP contribution < -0.4 is 5.32 Å². The molecule has 1 aliphatic heterocycles. The molecule has 1 aliphatic rings. The van der Waals surface area contributed by atoms with Gasteiger partial charge in [0.2, 0.25) is 0 Å². The van der Waals surface area contributed by atoms with Crippen LogP contribution in [0.3, 0.4) is 0 Å². The molecule has 1 amide bonds. The Kier molecular flexibility index (Phi) is 3.99. The molecule has 0 spiro atoms. The van der Waals surface area contributed by atoms with Crippen LogP contribution in [0.4, 0.5) is 0 Å². The highest BCUT2D eigenvalue weighted by Crippen LogP contribution is 2.20. The van der Waals surface area contributed by atoms with Gasteiger partial charge in [-0.2, -0.15) is 11.8 Å². The van der Waals surface area contributed by atoms with Crippen molar-refractivity contribution in [2.75, 3.05) is 11.5 Å². The quantitative estimate of drug-likeness (QED) is 0.800. The van der Waals surface area contributed by atoms with Crippen LogP contribution in [0.2, 0.25) is 0 Å². The molecule has 0 bridgehead atoms. The van der Waals surface area contributed by atoms with Gasteiger partial charge in [0.25, 0.3) is 5.91 Å². The predicted octanol–water partition coefficient (Wildman–Crippen LogP) is 2.66. The Bertz CT molecular complexity index is 344. The van der Waals surface area contributed by atoms with E-state index in [9.17, 15) is 4.79 Å². The molecule has 0 radical (unpaired) electrons. The number of hydrogen-bond donors (Lipinski definition) is 2. The topological polar surface area (TPSA) is 29.1 Å². The smallest absolute Gasteiger partial charge is 0.261 e. The van der Waals surface area contributed by atoms with Crippen molar-refractivity contribution >= 4 is 41.6 Å². The van der Waals surface area contributed by atoms with Gasteiger partial charge in [-0.05, 0) is 24.7 Å². The van der Waals surface area contributed by atoms with Gasteiger partial charge in [-0.25, -0.2) is 0 Å². The maximum Gasteiger partial charge on any atom is 0.261 e. The van der Waals surface area contributed by atoms with Crippen molar-refractivity contribution in [1.29, 1.82) is 0 Å². The van der Waals surface area contributed by atoms with Crippen molar-refractivity contribution in [3.63, 3.8) is 0 Å². The van der Waals surface area contributed by atoms with Gasteiger partial charge >= 0.3 is 0 Å². The molecule has 1 aromatic heterocycles. The van der Waals surface area contributed by atoms with Gasteiger partial charge in [0.05, 0.1) is 4.88 Å². The van der Waals surface area contributed by atoms with Crippen LogP contribution >= 0.6 is 35.7 Å². The van der Waals surface area contributed by atoms with E-state index in [0.29, 0.717) is 6.04 Å². The Morgan fingerprint density at radius 2 is 2.47 bits per heavy atom. The van der Waals surface area contributed by atoms with Gasteiger partial charge in [-0.3, -0.25) is 4.79 Å². The molecular formula is C10H13NOS3. The fourth-order valence-corrected chi connectivity index (χ4v) is 3.68. The zero-order chi connectivity index (χ0) is 10.7. The number of carbonyl (C=O) groups excluding carboxylic acids is 1. The molecule has 2 nitrogen and oxygen atoms in total. The fraction of sp³-hybridized carbons (Fsp3) is 0.500. The van der Waals surface area contributed by atoms with E-state index in [1.165, 1.54) is 23.5 Å². The summed E-state index contributed by atoms with van der Waals surface area (Å²) in [5, 5.41) is 4.95. The van der Waals surface area contributed by atoms with Gasteiger partial charge in [-0.1, -0.05) is 0 Å². The van der Waals surface area contributed by atoms with Crippen LogP contribution in [0.5, 0.6) is 0 Å². The molecule has 1 aromatic rings. The van der Waals surface area contributed by atoms with E-state index >= 15 is 0 Å². The zero-order valence-electron chi connectivity index (χ0n) is 8.23. The number of thiophene rings is 1. The second-order valence-corrected chi connectivity index (χ2v) is 6.13. The summed E-state index contributed by atoms with van der Waals surface area (Å²) in [5.74, 6) is 2.32. The number of carbonyl (C=O) groups is 1. The number of thiol groups is 1. The van der Waals surface area contributed by atoms with Gasteiger partial charge in [0, 0.05) is 22.1 Å². The van der Waals surface area contributed by atoms with Crippen LogP contribution in [0, 0.1) is 0 Å². The molecule has 5 heteroatoms. The standard InChI is InChI=1S/C10H13NOS3/c12-10(9-4-8(13)6-15-9)11-7-2-1-3-14-5-7/h4,6-7,13H,1-3,5H2,(H,11,12). The first kappa shape index (κ1) is 11.4. The third-order valence-corrected chi connectivity index (χ3v) is 4.88. The Morgan fingerprint density at radius 3 is 3.07 bits per heavy atom. The van der Waals surface area contributed by atoms with Crippen LogP contribution in [-0.4, -0.2) is 23.5 Å². The first-order valence-corrected chi connectivity index (χ1v) is 7.40. The maximum atomic E-state index is 11.8. The Labute approximate surface area is 103 Å². The molecule has 0 saturated carbocycles. The average Bonchev–Trinajstić information content (AvgIpc) is 2.66. The lowest BCUT2D eigenvalue weighted by Gasteiger charge is -2.21. The van der Waals surface area contributed by atoms with Crippen LogP contribution in [0.1, 0.15) is 22.5 Å². The average molecular weight is 259 g/mol. The van der Waals surface area contributed by atoms with E-state index in [4.69, 9.17) is 0 Å². The van der Waals surface area contributed by atoms with Crippen molar-refractivity contribution in [2.45, 2.75) is 23.8 Å². The van der Waals surface area contributed by atoms with Gasteiger partial charge in [-0.15, -0.1) is 24.0 Å². The maximum absolute atomic E-state index is 11.8. The second-order valence-electron chi connectivity index (χ2n) is 3.56. The lowest BCUT2D eigenvalue weighted by molar-refractivity contribution is 0.0942. The predicted molar refractivity (Wildman–Crippen MR) is 69.4 cm³/mol. The van der Waals surface area contributed by atoms with Crippen LogP contribution in [0.25, 0.3) is 0 Å². The van der Waals surface area contributed by atoms with E-state index in [1.54, 1.807) is 0 Å². The Morgan fingerprint density at radius 1 is 1.60 bits per heavy atom. The number of amides is 1. The summed E-state index contributed by atoms with van der Waals surface area (Å²) in [6, 6.07) is 2.17. The van der Waals surface area contributed by atoms with Crippen molar-refractivity contribution in [1.82, 2.24) is 5.32 Å². The highest BCUT2D eigenvalue weighted by atomic mass is 32.2. The van der Waals surface area contributed by atoms with E-state index < -0.39 is 0 Å². The minimum atomic E-state index is 0.0489. The largest absolute Gasteiger partial charge is 0.348 e. The molecule has 1 unspecified atom stereocenters. The summed E-state index contributed by atoms with van der Waals surface area (Å²) in [6.45, 7) is 0. The van der Waals surface area contributed by atoms with Gasteiger partial charge < -0.3 is 5.32 Å². The number of thioether (sulfide) groups is 1. The highest BCUT2D eigenvalue weighted by molar-refractivity contribution is 7.99. The third-order valence-electron chi connectivity index (χ3n) is 2.30. The molecule has 1 fully saturated rings. The molecule has 2 heterocycles. The minimum Gasteiger partial charge on any atom is -0.348 e. The first-order chi connectivity index (χ1) is 7.25. The van der Waals surface area contributed by atoms with Gasteiger partial charge in [0.15, 0.2) is 0 Å². The Balaban J connectivity index is 1.91. The molecule has 82 valence electrons. The van der Waals surface area contributed by atoms with Crippen molar-refractivity contribution in [3.8, 4) is 0 Å². The summed E-state index contributed by atoms with van der Waals surface area (Å²) < 4.78 is 0. The SMILES string of the molecule is O=C(NC1CCCSC1)c1cc(S)cs1. The normalized spacial score (nSPS) is 21.3. The minimum absolute atomic E-state index is 0.0489. The molecule has 2 rings (SSSR count). The van der Waals surface area contributed by atoms with Gasteiger partial charge in [0.1, 0.15) is 0 Å². The van der Waals surface area contributed by atoms with Crippen LogP contribution in [-0.2, 0) is 0 Å². The monoisotopic (exact) mass is 259 g/mol. The van der Waals surface area contributed by atoms with E-state index in [2.05, 4.69) is 17.9 Å². The summed E-state index contributed by atoms with van der Waals surface area (Å²) in [5.41, 5.74) is 0.